The summed E-state index contributed by atoms with van der Waals surface area (Å²) < 4.78 is 1.60. The van der Waals surface area contributed by atoms with Gasteiger partial charge in [-0.3, -0.25) is 19.0 Å². The highest BCUT2D eigenvalue weighted by atomic mass is 16.2. The lowest BCUT2D eigenvalue weighted by Crippen LogP contribution is -2.55. The van der Waals surface area contributed by atoms with Gasteiger partial charge < -0.3 is 9.80 Å². The molecule has 0 bridgehead atoms. The van der Waals surface area contributed by atoms with Crippen molar-refractivity contribution in [2.75, 3.05) is 19.6 Å². The molecule has 26 heavy (non-hydrogen) atoms. The molecule has 7 nitrogen and oxygen atoms in total. The maximum atomic E-state index is 13.1. The van der Waals surface area contributed by atoms with Gasteiger partial charge in [0.1, 0.15) is 5.82 Å². The molecular weight excluding hydrogens is 332 g/mol. The van der Waals surface area contributed by atoms with Crippen molar-refractivity contribution < 1.29 is 9.59 Å². The number of carbonyl (C=O) groups is 2. The highest BCUT2D eigenvalue weighted by Gasteiger charge is 2.36. The van der Waals surface area contributed by atoms with Crippen LogP contribution in [0.3, 0.4) is 0 Å². The van der Waals surface area contributed by atoms with Crippen LogP contribution in [0, 0.1) is 12.8 Å². The second-order valence-electron chi connectivity index (χ2n) is 6.70. The molecule has 0 radical (unpaired) electrons. The Hall–Kier alpha value is -2.70. The number of carbonyl (C=O) groups excluding carboxylic acids is 2. The van der Waals surface area contributed by atoms with E-state index in [0.717, 1.165) is 17.8 Å². The molecule has 138 valence electrons. The van der Waals surface area contributed by atoms with Gasteiger partial charge in [-0.1, -0.05) is 12.2 Å². The summed E-state index contributed by atoms with van der Waals surface area (Å²) in [6.07, 6.45) is 6.97. The molecule has 0 aliphatic carbocycles. The summed E-state index contributed by atoms with van der Waals surface area (Å²) in [6.45, 7) is 7.38. The molecule has 0 atom stereocenters. The van der Waals surface area contributed by atoms with Crippen molar-refractivity contribution in [1.29, 1.82) is 0 Å². The van der Waals surface area contributed by atoms with Crippen LogP contribution in [0.2, 0.25) is 0 Å². The topological polar surface area (TPSA) is 75.5 Å². The van der Waals surface area contributed by atoms with Gasteiger partial charge in [-0.15, -0.1) is 0 Å². The van der Waals surface area contributed by atoms with E-state index in [0.29, 0.717) is 37.4 Å². The largest absolute Gasteiger partial charge is 0.344 e. The van der Waals surface area contributed by atoms with E-state index in [1.807, 2.05) is 39.0 Å². The normalized spacial score (nSPS) is 18.0. The molecule has 0 aromatic carbocycles. The molecule has 0 spiro atoms. The quantitative estimate of drug-likeness (QED) is 0.595. The van der Waals surface area contributed by atoms with Crippen LogP contribution in [0.4, 0.5) is 0 Å². The molecule has 1 fully saturated rings. The van der Waals surface area contributed by atoms with E-state index in [1.165, 1.54) is 0 Å². The summed E-state index contributed by atoms with van der Waals surface area (Å²) in [5.74, 6) is 0.511. The molecule has 3 heterocycles. The van der Waals surface area contributed by atoms with E-state index >= 15 is 0 Å². The van der Waals surface area contributed by atoms with Crippen LogP contribution in [-0.2, 0) is 22.6 Å². The van der Waals surface area contributed by atoms with E-state index in [1.54, 1.807) is 14.4 Å². The second kappa shape index (κ2) is 7.27. The lowest BCUT2D eigenvalue weighted by molar-refractivity contribution is -0.144. The first kappa shape index (κ1) is 18.1. The molecule has 1 saturated heterocycles. The molecule has 2 aliphatic rings. The van der Waals surface area contributed by atoms with Gasteiger partial charge in [-0.05, 0) is 26.8 Å². The molecule has 7 heteroatoms. The number of amides is 2. The zero-order chi connectivity index (χ0) is 18.8. The van der Waals surface area contributed by atoms with E-state index in [2.05, 4.69) is 4.98 Å². The molecule has 3 rings (SSSR count). The molecule has 0 N–H and O–H groups in total. The molecule has 1 aromatic heterocycles. The van der Waals surface area contributed by atoms with Crippen LogP contribution in [0.25, 0.3) is 5.70 Å². The van der Waals surface area contributed by atoms with Gasteiger partial charge in [-0.25, -0.2) is 4.98 Å². The summed E-state index contributed by atoms with van der Waals surface area (Å²) in [4.78, 5) is 44.3. The van der Waals surface area contributed by atoms with Gasteiger partial charge in [0.15, 0.2) is 0 Å². The van der Waals surface area contributed by atoms with Crippen molar-refractivity contribution in [3.05, 3.63) is 45.7 Å². The predicted molar refractivity (Wildman–Crippen MR) is 98.2 cm³/mol. The van der Waals surface area contributed by atoms with Gasteiger partial charge in [-0.2, -0.15) is 0 Å². The monoisotopic (exact) mass is 356 g/mol. The van der Waals surface area contributed by atoms with Crippen LogP contribution in [0.5, 0.6) is 0 Å². The molecule has 0 saturated carbocycles. The lowest BCUT2D eigenvalue weighted by Gasteiger charge is -2.39. The van der Waals surface area contributed by atoms with Crippen molar-refractivity contribution in [2.24, 2.45) is 5.92 Å². The molecule has 2 amide bonds. The standard InChI is InChI=1S/C19H24N4O3/c1-4-6-15(5-2)23-13(3)20-17-7-8-22(11-16(17)19(23)26)18(25)14-9-21(10-14)12-24/h4-6,12,14H,7-11H2,1-3H3/b6-4-,15-5+. The number of aryl methyl sites for hydroxylation is 1. The summed E-state index contributed by atoms with van der Waals surface area (Å²) >= 11 is 0. The smallest absolute Gasteiger partial charge is 0.263 e. The number of rotatable bonds is 4. The average Bonchev–Trinajstić information content (AvgIpc) is 2.59. The first-order valence-corrected chi connectivity index (χ1v) is 8.89. The van der Waals surface area contributed by atoms with Crippen molar-refractivity contribution in [3.8, 4) is 0 Å². The van der Waals surface area contributed by atoms with Crippen molar-refractivity contribution in [2.45, 2.75) is 33.7 Å². The Morgan fingerprint density at radius 2 is 2.00 bits per heavy atom. The highest BCUT2D eigenvalue weighted by molar-refractivity contribution is 5.81. The van der Waals surface area contributed by atoms with Gasteiger partial charge in [0, 0.05) is 31.8 Å². The highest BCUT2D eigenvalue weighted by Crippen LogP contribution is 2.22. The minimum Gasteiger partial charge on any atom is -0.344 e. The van der Waals surface area contributed by atoms with Gasteiger partial charge in [0.2, 0.25) is 12.3 Å². The van der Waals surface area contributed by atoms with E-state index in [9.17, 15) is 14.4 Å². The minimum atomic E-state index is -0.156. The van der Waals surface area contributed by atoms with Crippen LogP contribution >= 0.6 is 0 Å². The average molecular weight is 356 g/mol. The third-order valence-corrected chi connectivity index (χ3v) is 5.01. The summed E-state index contributed by atoms with van der Waals surface area (Å²) in [5.41, 5.74) is 2.03. The maximum Gasteiger partial charge on any atom is 0.263 e. The van der Waals surface area contributed by atoms with Crippen molar-refractivity contribution in [1.82, 2.24) is 19.4 Å². The van der Waals surface area contributed by atoms with Crippen LogP contribution < -0.4 is 5.56 Å². The Morgan fingerprint density at radius 1 is 1.27 bits per heavy atom. The second-order valence-corrected chi connectivity index (χ2v) is 6.70. The Kier molecular flexibility index (Phi) is 5.06. The maximum absolute atomic E-state index is 13.1. The Bertz CT molecular complexity index is 847. The minimum absolute atomic E-state index is 0.0139. The third-order valence-electron chi connectivity index (χ3n) is 5.01. The lowest BCUT2D eigenvalue weighted by atomic mass is 9.97. The van der Waals surface area contributed by atoms with Crippen LogP contribution in [0.15, 0.2) is 23.0 Å². The zero-order valence-electron chi connectivity index (χ0n) is 15.4. The fraction of sp³-hybridized carbons (Fsp3) is 0.474. The molecule has 0 unspecified atom stereocenters. The Balaban J connectivity index is 1.89. The summed E-state index contributed by atoms with van der Waals surface area (Å²) in [6, 6.07) is 0. The SMILES string of the molecule is C/C=C\C(=C/C)n1c(C)nc2c(c1=O)CN(C(=O)C1CN(C=O)C1)CC2. The number of hydrogen-bond acceptors (Lipinski definition) is 4. The fourth-order valence-corrected chi connectivity index (χ4v) is 3.57. The first-order chi connectivity index (χ1) is 12.5. The number of fused-ring (bicyclic) bond motifs is 1. The summed E-state index contributed by atoms with van der Waals surface area (Å²) in [5, 5.41) is 0. The van der Waals surface area contributed by atoms with Crippen molar-refractivity contribution in [3.63, 3.8) is 0 Å². The summed E-state index contributed by atoms with van der Waals surface area (Å²) in [7, 11) is 0. The Labute approximate surface area is 152 Å². The number of likely N-dealkylation sites (tertiary alicyclic amines) is 1. The number of aromatic nitrogens is 2. The third kappa shape index (κ3) is 3.09. The predicted octanol–water partition coefficient (Wildman–Crippen LogP) is 0.962. The van der Waals surface area contributed by atoms with Crippen LogP contribution in [-0.4, -0.2) is 51.3 Å². The van der Waals surface area contributed by atoms with E-state index < -0.39 is 0 Å². The Morgan fingerprint density at radius 3 is 2.62 bits per heavy atom. The van der Waals surface area contributed by atoms with Gasteiger partial charge in [0.25, 0.3) is 5.56 Å². The van der Waals surface area contributed by atoms with Gasteiger partial charge >= 0.3 is 0 Å². The number of hydrogen-bond donors (Lipinski definition) is 0. The van der Waals surface area contributed by atoms with E-state index in [4.69, 9.17) is 0 Å². The van der Waals surface area contributed by atoms with Crippen molar-refractivity contribution >= 4 is 18.0 Å². The first-order valence-electron chi connectivity index (χ1n) is 8.89. The van der Waals surface area contributed by atoms with E-state index in [-0.39, 0.29) is 23.9 Å². The molecule has 1 aromatic rings. The van der Waals surface area contributed by atoms with Crippen LogP contribution in [0.1, 0.15) is 30.9 Å². The van der Waals surface area contributed by atoms with Gasteiger partial charge in [0.05, 0.1) is 23.7 Å². The molecular formula is C19H24N4O3. The molecule has 2 aliphatic heterocycles. The number of allylic oxidation sites excluding steroid dienone is 4. The number of nitrogens with zero attached hydrogens (tertiary/aromatic N) is 4. The fourth-order valence-electron chi connectivity index (χ4n) is 3.57. The zero-order valence-corrected chi connectivity index (χ0v) is 15.4.